The summed E-state index contributed by atoms with van der Waals surface area (Å²) in [5.41, 5.74) is 3.26. The molecule has 0 saturated carbocycles. The monoisotopic (exact) mass is 349 g/mol. The lowest BCUT2D eigenvalue weighted by Crippen LogP contribution is -2.19. The van der Waals surface area contributed by atoms with Crippen LogP contribution in [0.5, 0.6) is 5.75 Å². The van der Waals surface area contributed by atoms with Gasteiger partial charge in [-0.15, -0.1) is 0 Å². The number of amides is 1. The molecule has 3 aromatic rings. The molecule has 0 fully saturated rings. The third-order valence-electron chi connectivity index (χ3n) is 3.83. The maximum atomic E-state index is 12.1. The Hall–Kier alpha value is -3.74. The number of aromatic hydroxyl groups is 1. The van der Waals surface area contributed by atoms with E-state index in [0.717, 1.165) is 16.3 Å². The molecule has 0 aliphatic heterocycles. The maximum Gasteiger partial charge on any atom is 0.311 e. The fourth-order valence-electron chi connectivity index (χ4n) is 2.60. The Kier molecular flexibility index (Phi) is 4.89. The zero-order valence-electron chi connectivity index (χ0n) is 13.6. The van der Waals surface area contributed by atoms with Crippen LogP contribution in [0.25, 0.3) is 10.8 Å². The lowest BCUT2D eigenvalue weighted by molar-refractivity contribution is -0.385. The summed E-state index contributed by atoms with van der Waals surface area (Å²) >= 11 is 0. The third kappa shape index (κ3) is 3.84. The van der Waals surface area contributed by atoms with Gasteiger partial charge in [0.15, 0.2) is 5.75 Å². The van der Waals surface area contributed by atoms with Gasteiger partial charge >= 0.3 is 5.69 Å². The van der Waals surface area contributed by atoms with Crippen LogP contribution in [0.2, 0.25) is 0 Å². The van der Waals surface area contributed by atoms with Crippen LogP contribution in [0.3, 0.4) is 0 Å². The summed E-state index contributed by atoms with van der Waals surface area (Å²) in [6, 6.07) is 17.4. The predicted molar refractivity (Wildman–Crippen MR) is 98.1 cm³/mol. The lowest BCUT2D eigenvalue weighted by atomic mass is 10.0. The molecule has 0 heterocycles. The maximum absolute atomic E-state index is 12.1. The molecule has 0 bridgehead atoms. The van der Waals surface area contributed by atoms with E-state index in [-0.39, 0.29) is 12.3 Å². The van der Waals surface area contributed by atoms with Crippen LogP contribution in [-0.2, 0) is 11.2 Å². The molecule has 0 radical (unpaired) electrons. The van der Waals surface area contributed by atoms with Crippen molar-refractivity contribution >= 4 is 28.6 Å². The molecule has 3 aromatic carbocycles. The largest absolute Gasteiger partial charge is 0.502 e. The number of rotatable bonds is 5. The number of phenols is 1. The minimum absolute atomic E-state index is 0.161. The van der Waals surface area contributed by atoms with E-state index >= 15 is 0 Å². The Morgan fingerprint density at radius 2 is 1.92 bits per heavy atom. The molecule has 1 amide bonds. The number of fused-ring (bicyclic) bond motifs is 1. The fraction of sp³-hybridized carbons (Fsp3) is 0.0526. The van der Waals surface area contributed by atoms with Gasteiger partial charge in [-0.1, -0.05) is 42.5 Å². The molecule has 130 valence electrons. The van der Waals surface area contributed by atoms with Crippen molar-refractivity contribution in [3.8, 4) is 5.75 Å². The number of hydrazone groups is 1. The highest BCUT2D eigenvalue weighted by Crippen LogP contribution is 2.25. The topological polar surface area (TPSA) is 105 Å². The van der Waals surface area contributed by atoms with Gasteiger partial charge in [0.1, 0.15) is 0 Å². The Morgan fingerprint density at radius 1 is 1.15 bits per heavy atom. The highest BCUT2D eigenvalue weighted by atomic mass is 16.6. The van der Waals surface area contributed by atoms with Crippen molar-refractivity contribution in [3.05, 3.63) is 81.9 Å². The van der Waals surface area contributed by atoms with Crippen LogP contribution in [-0.4, -0.2) is 22.2 Å². The Balaban J connectivity index is 1.68. The number of nitro benzene ring substituents is 1. The highest BCUT2D eigenvalue weighted by Gasteiger charge is 2.12. The summed E-state index contributed by atoms with van der Waals surface area (Å²) in [6.45, 7) is 0. The van der Waals surface area contributed by atoms with Crippen LogP contribution in [0, 0.1) is 10.1 Å². The molecule has 7 nitrogen and oxygen atoms in total. The van der Waals surface area contributed by atoms with Gasteiger partial charge in [0.05, 0.1) is 17.6 Å². The molecule has 7 heteroatoms. The average molecular weight is 349 g/mol. The molecule has 0 atom stereocenters. The standard InChI is InChI=1S/C19H15N3O4/c23-18-9-8-13(10-17(18)22(25)26)12-20-21-19(24)11-15-6-3-5-14-4-1-2-7-16(14)15/h1-10,12,23H,11H2,(H,21,24)/b20-12-. The second kappa shape index (κ2) is 7.43. The van der Waals surface area contributed by atoms with Crippen LogP contribution in [0.1, 0.15) is 11.1 Å². The zero-order valence-corrected chi connectivity index (χ0v) is 13.6. The summed E-state index contributed by atoms with van der Waals surface area (Å²) in [5.74, 6) is -0.724. The number of hydrogen-bond acceptors (Lipinski definition) is 5. The molecule has 0 unspecified atom stereocenters. The normalized spacial score (nSPS) is 10.9. The number of carbonyl (C=O) groups is 1. The van der Waals surface area contributed by atoms with Gasteiger partial charge in [0, 0.05) is 11.6 Å². The smallest absolute Gasteiger partial charge is 0.311 e. The van der Waals surface area contributed by atoms with E-state index in [2.05, 4.69) is 10.5 Å². The molecule has 26 heavy (non-hydrogen) atoms. The number of nitrogens with zero attached hydrogens (tertiary/aromatic N) is 2. The van der Waals surface area contributed by atoms with Crippen LogP contribution in [0.15, 0.2) is 65.8 Å². The van der Waals surface area contributed by atoms with Crippen LogP contribution < -0.4 is 5.43 Å². The Morgan fingerprint density at radius 3 is 2.73 bits per heavy atom. The van der Waals surface area contributed by atoms with Crippen LogP contribution in [0.4, 0.5) is 5.69 Å². The second-order valence-corrected chi connectivity index (χ2v) is 5.61. The number of hydrogen-bond donors (Lipinski definition) is 2. The van der Waals surface area contributed by atoms with Gasteiger partial charge in [0.25, 0.3) is 0 Å². The third-order valence-corrected chi connectivity index (χ3v) is 3.83. The molecular weight excluding hydrogens is 334 g/mol. The number of nitrogens with one attached hydrogen (secondary N) is 1. The fourth-order valence-corrected chi connectivity index (χ4v) is 2.60. The van der Waals surface area contributed by atoms with Gasteiger partial charge in [-0.05, 0) is 28.5 Å². The Bertz CT molecular complexity index is 1010. The number of carbonyl (C=O) groups excluding carboxylic acids is 1. The summed E-state index contributed by atoms with van der Waals surface area (Å²) in [5, 5.41) is 26.1. The van der Waals surface area contributed by atoms with E-state index in [4.69, 9.17) is 0 Å². The first-order valence-electron chi connectivity index (χ1n) is 7.80. The SMILES string of the molecule is O=C(Cc1cccc2ccccc12)N/N=C\c1ccc(O)c([N+](=O)[O-])c1. The molecule has 0 aliphatic rings. The summed E-state index contributed by atoms with van der Waals surface area (Å²) in [7, 11) is 0. The van der Waals surface area contributed by atoms with Crippen molar-refractivity contribution < 1.29 is 14.8 Å². The Labute approximate surface area is 148 Å². The first-order valence-corrected chi connectivity index (χ1v) is 7.80. The number of nitro groups is 1. The first-order chi connectivity index (χ1) is 12.5. The van der Waals surface area contributed by atoms with Crippen molar-refractivity contribution in [2.45, 2.75) is 6.42 Å². The van der Waals surface area contributed by atoms with E-state index < -0.39 is 16.4 Å². The van der Waals surface area contributed by atoms with E-state index in [1.807, 2.05) is 42.5 Å². The van der Waals surface area contributed by atoms with Gasteiger partial charge in [-0.3, -0.25) is 14.9 Å². The van der Waals surface area contributed by atoms with E-state index in [1.165, 1.54) is 24.4 Å². The molecule has 3 rings (SSSR count). The summed E-state index contributed by atoms with van der Waals surface area (Å²) in [4.78, 5) is 22.2. The lowest BCUT2D eigenvalue weighted by Gasteiger charge is -2.05. The quantitative estimate of drug-likeness (QED) is 0.419. The average Bonchev–Trinajstić information content (AvgIpc) is 2.63. The molecule has 0 saturated heterocycles. The van der Waals surface area contributed by atoms with E-state index in [0.29, 0.717) is 5.56 Å². The molecule has 2 N–H and O–H groups in total. The van der Waals surface area contributed by atoms with Crippen molar-refractivity contribution in [2.24, 2.45) is 5.10 Å². The van der Waals surface area contributed by atoms with Crippen LogP contribution >= 0.6 is 0 Å². The molecule has 0 aliphatic carbocycles. The summed E-state index contributed by atoms with van der Waals surface area (Å²) in [6.07, 6.45) is 1.45. The predicted octanol–water partition coefficient (Wildman–Crippen LogP) is 3.15. The second-order valence-electron chi connectivity index (χ2n) is 5.61. The van der Waals surface area contributed by atoms with Gasteiger partial charge in [-0.25, -0.2) is 5.43 Å². The van der Waals surface area contributed by atoms with Gasteiger partial charge in [-0.2, -0.15) is 5.10 Å². The van der Waals surface area contributed by atoms with Crippen molar-refractivity contribution in [2.75, 3.05) is 0 Å². The first kappa shape index (κ1) is 17.1. The van der Waals surface area contributed by atoms with Gasteiger partial charge < -0.3 is 5.11 Å². The molecule has 0 aromatic heterocycles. The number of phenolic OH excluding ortho intramolecular Hbond substituents is 1. The minimum atomic E-state index is -0.689. The summed E-state index contributed by atoms with van der Waals surface area (Å²) < 4.78 is 0. The van der Waals surface area contributed by atoms with E-state index in [9.17, 15) is 20.0 Å². The number of benzene rings is 3. The molecule has 0 spiro atoms. The van der Waals surface area contributed by atoms with Crippen molar-refractivity contribution in [1.82, 2.24) is 5.43 Å². The van der Waals surface area contributed by atoms with Crippen molar-refractivity contribution in [1.29, 1.82) is 0 Å². The highest BCUT2D eigenvalue weighted by molar-refractivity contribution is 5.90. The molecular formula is C19H15N3O4. The van der Waals surface area contributed by atoms with Gasteiger partial charge in [0.2, 0.25) is 5.91 Å². The van der Waals surface area contributed by atoms with Crippen molar-refractivity contribution in [3.63, 3.8) is 0 Å². The minimum Gasteiger partial charge on any atom is -0.502 e. The van der Waals surface area contributed by atoms with E-state index in [1.54, 1.807) is 0 Å². The zero-order chi connectivity index (χ0) is 18.5.